The molecule has 0 bridgehead atoms. The van der Waals surface area contributed by atoms with Crippen molar-refractivity contribution in [2.24, 2.45) is 5.73 Å². The van der Waals surface area contributed by atoms with Crippen molar-refractivity contribution in [3.63, 3.8) is 0 Å². The van der Waals surface area contributed by atoms with Gasteiger partial charge in [-0.1, -0.05) is 20.8 Å². The Hall–Kier alpha value is -0.0600. The molecule has 0 aromatic carbocycles. The van der Waals surface area contributed by atoms with Crippen LogP contribution in [-0.2, 0) is 11.3 Å². The van der Waals surface area contributed by atoms with E-state index in [9.17, 15) is 0 Å². The maximum absolute atomic E-state index is 6.30. The van der Waals surface area contributed by atoms with E-state index < -0.39 is 0 Å². The minimum absolute atomic E-state index is 0.217. The van der Waals surface area contributed by atoms with Gasteiger partial charge in [0.15, 0.2) is 0 Å². The molecule has 0 aliphatic carbocycles. The number of nitrogens with two attached hydrogens (primary N) is 1. The van der Waals surface area contributed by atoms with Gasteiger partial charge in [0, 0.05) is 11.1 Å². The van der Waals surface area contributed by atoms with Crippen molar-refractivity contribution in [2.75, 3.05) is 5.75 Å². The Morgan fingerprint density at radius 2 is 2.07 bits per heavy atom. The second-order valence-electron chi connectivity index (χ2n) is 3.63. The third-order valence-corrected chi connectivity index (χ3v) is 4.67. The summed E-state index contributed by atoms with van der Waals surface area (Å²) in [6, 6.07) is 0. The Bertz CT molecular complexity index is 293. The Balaban J connectivity index is 2.74. The zero-order valence-electron chi connectivity index (χ0n) is 9.75. The fourth-order valence-corrected chi connectivity index (χ4v) is 3.06. The summed E-state index contributed by atoms with van der Waals surface area (Å²) in [6.45, 7) is 6.43. The number of rotatable bonds is 6. The minimum atomic E-state index is -0.217. The van der Waals surface area contributed by atoms with Crippen molar-refractivity contribution in [2.45, 2.75) is 44.9 Å². The first-order valence-electron chi connectivity index (χ1n) is 5.47. The van der Waals surface area contributed by atoms with E-state index in [4.69, 9.17) is 5.73 Å². The van der Waals surface area contributed by atoms with Crippen LogP contribution < -0.4 is 5.73 Å². The zero-order valence-corrected chi connectivity index (χ0v) is 11.4. The molecule has 0 aliphatic rings. The molecule has 0 saturated carbocycles. The van der Waals surface area contributed by atoms with Crippen molar-refractivity contribution in [1.82, 2.24) is 4.98 Å². The Kier molecular flexibility index (Phi) is 5.09. The number of nitrogens with zero attached hydrogens (tertiary/aromatic N) is 1. The lowest BCUT2D eigenvalue weighted by Gasteiger charge is -2.24. The second-order valence-corrected chi connectivity index (χ2v) is 5.84. The van der Waals surface area contributed by atoms with Gasteiger partial charge in [0.25, 0.3) is 0 Å². The van der Waals surface area contributed by atoms with Gasteiger partial charge in [-0.3, -0.25) is 0 Å². The number of aromatic nitrogens is 1. The third-order valence-electron chi connectivity index (χ3n) is 2.75. The molecule has 0 spiro atoms. The van der Waals surface area contributed by atoms with E-state index in [1.807, 2.05) is 11.8 Å². The van der Waals surface area contributed by atoms with Crippen LogP contribution in [0.4, 0.5) is 0 Å². The van der Waals surface area contributed by atoms with Crippen LogP contribution in [0.15, 0.2) is 5.38 Å². The molecular formula is C11H20N2S2. The highest BCUT2D eigenvalue weighted by atomic mass is 32.2. The van der Waals surface area contributed by atoms with Crippen LogP contribution in [0.25, 0.3) is 0 Å². The van der Waals surface area contributed by atoms with E-state index in [1.54, 1.807) is 11.3 Å². The van der Waals surface area contributed by atoms with Crippen molar-refractivity contribution < 1.29 is 0 Å². The Morgan fingerprint density at radius 1 is 1.40 bits per heavy atom. The smallest absolute Gasteiger partial charge is 0.103 e. The molecule has 86 valence electrons. The van der Waals surface area contributed by atoms with E-state index in [0.29, 0.717) is 0 Å². The van der Waals surface area contributed by atoms with E-state index in [2.05, 4.69) is 31.1 Å². The van der Waals surface area contributed by atoms with Gasteiger partial charge in [0.2, 0.25) is 0 Å². The molecule has 1 aromatic heterocycles. The van der Waals surface area contributed by atoms with Gasteiger partial charge in [-0.2, -0.15) is 11.8 Å². The molecule has 0 fully saturated rings. The fraction of sp³-hybridized carbons (Fsp3) is 0.727. The van der Waals surface area contributed by atoms with Crippen LogP contribution >= 0.6 is 23.1 Å². The maximum atomic E-state index is 6.30. The first-order valence-corrected chi connectivity index (χ1v) is 7.51. The average molecular weight is 244 g/mol. The van der Waals surface area contributed by atoms with Crippen LogP contribution in [0.1, 0.15) is 44.3 Å². The lowest BCUT2D eigenvalue weighted by molar-refractivity contribution is 0.402. The van der Waals surface area contributed by atoms with Gasteiger partial charge >= 0.3 is 0 Å². The number of thiazole rings is 1. The summed E-state index contributed by atoms with van der Waals surface area (Å²) in [5.41, 5.74) is 7.15. The van der Waals surface area contributed by atoms with Crippen LogP contribution in [0.2, 0.25) is 0 Å². The number of hydrogen-bond acceptors (Lipinski definition) is 4. The fourth-order valence-electron chi connectivity index (χ4n) is 1.41. The van der Waals surface area contributed by atoms with Crippen molar-refractivity contribution in [3.05, 3.63) is 16.1 Å². The molecule has 0 saturated heterocycles. The van der Waals surface area contributed by atoms with E-state index in [-0.39, 0.29) is 5.54 Å². The topological polar surface area (TPSA) is 38.9 Å². The number of thioether (sulfide) groups is 1. The van der Waals surface area contributed by atoms with Gasteiger partial charge in [-0.25, -0.2) is 4.98 Å². The molecule has 0 unspecified atom stereocenters. The van der Waals surface area contributed by atoms with Gasteiger partial charge in [0.05, 0.1) is 11.2 Å². The highest BCUT2D eigenvalue weighted by Gasteiger charge is 2.25. The van der Waals surface area contributed by atoms with Crippen molar-refractivity contribution >= 4 is 23.1 Å². The molecular weight excluding hydrogens is 224 g/mol. The van der Waals surface area contributed by atoms with Gasteiger partial charge in [0.1, 0.15) is 5.01 Å². The lowest BCUT2D eigenvalue weighted by Crippen LogP contribution is -2.35. The minimum Gasteiger partial charge on any atom is -0.320 e. The highest BCUT2D eigenvalue weighted by molar-refractivity contribution is 7.98. The van der Waals surface area contributed by atoms with Crippen LogP contribution in [-0.4, -0.2) is 10.7 Å². The third kappa shape index (κ3) is 3.20. The number of hydrogen-bond donors (Lipinski definition) is 1. The molecule has 0 aliphatic heterocycles. The van der Waals surface area contributed by atoms with Crippen LogP contribution in [0.3, 0.4) is 0 Å². The molecule has 15 heavy (non-hydrogen) atoms. The highest BCUT2D eigenvalue weighted by Crippen LogP contribution is 2.28. The molecule has 0 amide bonds. The van der Waals surface area contributed by atoms with Crippen LogP contribution in [0, 0.1) is 0 Å². The Labute approximate surface area is 101 Å². The zero-order chi connectivity index (χ0) is 11.3. The van der Waals surface area contributed by atoms with E-state index in [0.717, 1.165) is 30.0 Å². The Morgan fingerprint density at radius 3 is 2.60 bits per heavy atom. The normalized spacial score (nSPS) is 12.0. The molecule has 2 nitrogen and oxygen atoms in total. The first-order chi connectivity index (χ1) is 7.16. The summed E-state index contributed by atoms with van der Waals surface area (Å²) in [7, 11) is 0. The first kappa shape index (κ1) is 13.0. The van der Waals surface area contributed by atoms with Crippen molar-refractivity contribution in [1.29, 1.82) is 0 Å². The monoisotopic (exact) mass is 244 g/mol. The largest absolute Gasteiger partial charge is 0.320 e. The lowest BCUT2D eigenvalue weighted by atomic mass is 9.91. The van der Waals surface area contributed by atoms with Crippen molar-refractivity contribution in [3.8, 4) is 0 Å². The average Bonchev–Trinajstić information content (AvgIpc) is 2.74. The second kappa shape index (κ2) is 5.87. The summed E-state index contributed by atoms with van der Waals surface area (Å²) in [5.74, 6) is 2.16. The standard InChI is InChI=1S/C11H20N2S2/c1-4-11(12,5-2)9-7-15-10(13-9)8-14-6-3/h7H,4-6,8,12H2,1-3H3. The molecule has 1 aromatic rings. The SMILES string of the molecule is CCSCc1nc(C(N)(CC)CC)cs1. The summed E-state index contributed by atoms with van der Waals surface area (Å²) in [6.07, 6.45) is 1.90. The van der Waals surface area contributed by atoms with Gasteiger partial charge < -0.3 is 5.73 Å². The predicted molar refractivity (Wildman–Crippen MR) is 70.4 cm³/mol. The molecule has 1 rings (SSSR count). The molecule has 0 atom stereocenters. The predicted octanol–water partition coefficient (Wildman–Crippen LogP) is 3.37. The summed E-state index contributed by atoms with van der Waals surface area (Å²) in [4.78, 5) is 4.63. The van der Waals surface area contributed by atoms with Gasteiger partial charge in [-0.15, -0.1) is 11.3 Å². The summed E-state index contributed by atoms with van der Waals surface area (Å²) < 4.78 is 0. The molecule has 1 heterocycles. The maximum Gasteiger partial charge on any atom is 0.103 e. The van der Waals surface area contributed by atoms with E-state index in [1.165, 1.54) is 5.01 Å². The van der Waals surface area contributed by atoms with Gasteiger partial charge in [-0.05, 0) is 18.6 Å². The molecule has 4 heteroatoms. The summed E-state index contributed by atoms with van der Waals surface area (Å²) in [5, 5.41) is 3.33. The quantitative estimate of drug-likeness (QED) is 0.834. The van der Waals surface area contributed by atoms with E-state index >= 15 is 0 Å². The molecule has 0 radical (unpaired) electrons. The molecule has 2 N–H and O–H groups in total. The summed E-state index contributed by atoms with van der Waals surface area (Å²) >= 11 is 3.64. The van der Waals surface area contributed by atoms with Crippen LogP contribution in [0.5, 0.6) is 0 Å².